The van der Waals surface area contributed by atoms with Gasteiger partial charge in [0.15, 0.2) is 5.69 Å². The molecule has 4 aliphatic heterocycles. The van der Waals surface area contributed by atoms with Crippen molar-refractivity contribution in [1.82, 2.24) is 34.4 Å². The second-order valence-corrected chi connectivity index (χ2v) is 18.9. The minimum absolute atomic E-state index is 0.0470. The van der Waals surface area contributed by atoms with Gasteiger partial charge >= 0.3 is 5.97 Å². The van der Waals surface area contributed by atoms with Crippen LogP contribution in [0.2, 0.25) is 0 Å². The molecule has 2 aromatic heterocycles. The number of hydroxylamine groups is 1. The topological polar surface area (TPSA) is 163 Å². The van der Waals surface area contributed by atoms with Crippen molar-refractivity contribution in [2.45, 2.75) is 190 Å². The molecule has 0 spiro atoms. The van der Waals surface area contributed by atoms with Crippen LogP contribution in [0.5, 0.6) is 0 Å². The standard InChI is InChI=1S/C24H32N4O3.C24H31N3O3/c29-23(26-31)22-24(30)28(21-11-7-6-10-20(21)25-22)19-14-17-12-13-18(15-19)27(17)16-8-4-2-1-3-5-9-16;28-23-22(24(29)30)25-20-10-6-7-11-21(20)27(23)19-14-17-12-13-18(15-19)26(17)16-8-4-2-1-3-5-9-16/h6-7,10-11,16-19,31H,1-5,8-9,12-15H2,(H,26,29);6-7,10-11,16-19H,1-5,8-9,12-15H2,(H,29,30)/t2*17-,18+,19?. The quantitative estimate of drug-likeness (QED) is 0.128. The van der Waals surface area contributed by atoms with Crippen LogP contribution in [0.3, 0.4) is 0 Å². The Morgan fingerprint density at radius 1 is 0.492 bits per heavy atom. The maximum atomic E-state index is 13.3. The van der Waals surface area contributed by atoms with Gasteiger partial charge in [0.1, 0.15) is 0 Å². The molecule has 3 N–H and O–H groups in total. The summed E-state index contributed by atoms with van der Waals surface area (Å²) in [7, 11) is 0. The molecule has 13 heteroatoms. The fourth-order valence-electron chi connectivity index (χ4n) is 12.8. The number of fused-ring (bicyclic) bond motifs is 6. The van der Waals surface area contributed by atoms with E-state index >= 15 is 0 Å². The molecule has 4 bridgehead atoms. The van der Waals surface area contributed by atoms with E-state index in [9.17, 15) is 24.3 Å². The van der Waals surface area contributed by atoms with Gasteiger partial charge < -0.3 is 14.2 Å². The molecule has 326 valence electrons. The highest BCUT2D eigenvalue weighted by molar-refractivity contribution is 5.93. The van der Waals surface area contributed by atoms with Gasteiger partial charge in [0.05, 0.1) is 22.1 Å². The molecule has 13 nitrogen and oxygen atoms in total. The first-order valence-electron chi connectivity index (χ1n) is 23.6. The fraction of sp³-hybridized carbons (Fsp3) is 0.625. The molecular weight excluding hydrogens is 771 g/mol. The number of aromatic nitrogens is 4. The highest BCUT2D eigenvalue weighted by Gasteiger charge is 2.46. The van der Waals surface area contributed by atoms with Crippen molar-refractivity contribution in [3.05, 3.63) is 80.6 Å². The lowest BCUT2D eigenvalue weighted by Crippen LogP contribution is -2.50. The van der Waals surface area contributed by atoms with E-state index in [2.05, 4.69) is 19.8 Å². The molecule has 2 aliphatic carbocycles. The van der Waals surface area contributed by atoms with Crippen LogP contribution in [-0.2, 0) is 0 Å². The zero-order valence-electron chi connectivity index (χ0n) is 35.5. The number of carboxylic acids is 1. The molecule has 0 radical (unpaired) electrons. The van der Waals surface area contributed by atoms with Crippen molar-refractivity contribution in [1.29, 1.82) is 0 Å². The smallest absolute Gasteiger partial charge is 0.360 e. The molecule has 6 aliphatic rings. The summed E-state index contributed by atoms with van der Waals surface area (Å²) in [5, 5.41) is 18.6. The number of carbonyl (C=O) groups is 2. The van der Waals surface area contributed by atoms with Gasteiger partial charge in [-0.05, 0) is 101 Å². The largest absolute Gasteiger partial charge is 0.476 e. The zero-order chi connectivity index (χ0) is 42.0. The summed E-state index contributed by atoms with van der Waals surface area (Å²) in [5.74, 6) is -2.09. The minimum atomic E-state index is -1.24. The summed E-state index contributed by atoms with van der Waals surface area (Å²) in [6, 6.07) is 18.4. The Kier molecular flexibility index (Phi) is 12.7. The number of piperidine rings is 2. The van der Waals surface area contributed by atoms with Gasteiger partial charge in [-0.1, -0.05) is 88.5 Å². The number of carbonyl (C=O) groups excluding carboxylic acids is 1. The monoisotopic (exact) mass is 833 g/mol. The van der Waals surface area contributed by atoms with Gasteiger partial charge in [0, 0.05) is 48.3 Å². The van der Waals surface area contributed by atoms with Crippen molar-refractivity contribution in [3.8, 4) is 0 Å². The number of nitrogens with zero attached hydrogens (tertiary/aromatic N) is 6. The predicted molar refractivity (Wildman–Crippen MR) is 234 cm³/mol. The molecule has 6 heterocycles. The number of aromatic carboxylic acids is 1. The summed E-state index contributed by atoms with van der Waals surface area (Å²) in [6.07, 6.45) is 27.2. The first-order chi connectivity index (χ1) is 29.8. The number of hydrogen-bond donors (Lipinski definition) is 3. The van der Waals surface area contributed by atoms with E-state index in [0.717, 1.165) is 36.7 Å². The Bertz CT molecular complexity index is 2300. The second kappa shape index (κ2) is 18.5. The van der Waals surface area contributed by atoms with Gasteiger partial charge in [0.2, 0.25) is 5.69 Å². The van der Waals surface area contributed by atoms with E-state index in [1.54, 1.807) is 20.7 Å². The molecule has 10 rings (SSSR count). The van der Waals surface area contributed by atoms with Gasteiger partial charge in [0.25, 0.3) is 17.0 Å². The molecule has 6 atom stereocenters. The number of hydrogen-bond acceptors (Lipinski definition) is 9. The third-order valence-electron chi connectivity index (χ3n) is 15.4. The Labute approximate surface area is 357 Å². The zero-order valence-corrected chi connectivity index (χ0v) is 35.5. The summed E-state index contributed by atoms with van der Waals surface area (Å²) < 4.78 is 3.54. The van der Waals surface area contributed by atoms with Crippen LogP contribution in [-0.4, -0.2) is 87.3 Å². The van der Waals surface area contributed by atoms with E-state index in [4.69, 9.17) is 5.21 Å². The Balaban J connectivity index is 0.000000156. The van der Waals surface area contributed by atoms with E-state index in [1.165, 1.54) is 116 Å². The van der Waals surface area contributed by atoms with Crippen molar-refractivity contribution < 1.29 is 19.9 Å². The lowest BCUT2D eigenvalue weighted by molar-refractivity contribution is 0.0494. The first kappa shape index (κ1) is 41.9. The molecule has 1 amide bonds. The van der Waals surface area contributed by atoms with Crippen LogP contribution in [0.4, 0.5) is 0 Å². The normalized spacial score (nSPS) is 28.0. The van der Waals surface area contributed by atoms with Gasteiger partial charge in [-0.25, -0.2) is 20.2 Å². The molecule has 4 saturated heterocycles. The van der Waals surface area contributed by atoms with Crippen molar-refractivity contribution >= 4 is 33.9 Å². The van der Waals surface area contributed by atoms with Crippen LogP contribution in [0, 0.1) is 0 Å². The summed E-state index contributed by atoms with van der Waals surface area (Å²) in [5.41, 5.74) is 2.85. The lowest BCUT2D eigenvalue weighted by Gasteiger charge is -2.45. The van der Waals surface area contributed by atoms with Gasteiger partial charge in [-0.15, -0.1) is 0 Å². The molecule has 61 heavy (non-hydrogen) atoms. The van der Waals surface area contributed by atoms with E-state index in [0.29, 0.717) is 47.3 Å². The van der Waals surface area contributed by atoms with Crippen molar-refractivity contribution in [3.63, 3.8) is 0 Å². The molecule has 2 saturated carbocycles. The summed E-state index contributed by atoms with van der Waals surface area (Å²) in [4.78, 5) is 64.2. The van der Waals surface area contributed by atoms with E-state index < -0.39 is 23.0 Å². The fourth-order valence-corrected chi connectivity index (χ4v) is 12.8. The number of rotatable bonds is 6. The van der Waals surface area contributed by atoms with E-state index in [-0.39, 0.29) is 23.5 Å². The van der Waals surface area contributed by atoms with E-state index in [1.807, 2.05) is 42.5 Å². The van der Waals surface area contributed by atoms with Gasteiger partial charge in [-0.2, -0.15) is 0 Å². The number of amides is 1. The molecule has 4 aromatic rings. The Hall–Kier alpha value is -4.46. The third kappa shape index (κ3) is 8.42. The first-order valence-corrected chi connectivity index (χ1v) is 23.6. The molecule has 6 fully saturated rings. The van der Waals surface area contributed by atoms with Crippen molar-refractivity contribution in [2.24, 2.45) is 0 Å². The van der Waals surface area contributed by atoms with Gasteiger partial charge in [-0.3, -0.25) is 29.4 Å². The Morgan fingerprint density at radius 3 is 1.25 bits per heavy atom. The number of para-hydroxylation sites is 4. The van der Waals surface area contributed by atoms with Crippen LogP contribution in [0.25, 0.3) is 22.1 Å². The SMILES string of the molecule is O=C(NO)c1nc2ccccc2n(C2C[C@H]3CC[C@@H](C2)N3C2CCCCCCC2)c1=O.O=C(O)c1nc2ccccc2n(C2C[C@H]3CC[C@@H](C2)N3C2CCCCCCC2)c1=O. The highest BCUT2D eigenvalue weighted by Crippen LogP contribution is 2.45. The molecular formula is C48H63N7O6. The lowest BCUT2D eigenvalue weighted by atomic mass is 9.89. The van der Waals surface area contributed by atoms with Crippen LogP contribution < -0.4 is 16.6 Å². The molecule has 2 unspecified atom stereocenters. The maximum absolute atomic E-state index is 13.3. The number of carboxylic acid groups (broad SMARTS) is 1. The second-order valence-electron chi connectivity index (χ2n) is 18.9. The van der Waals surface area contributed by atoms with Crippen LogP contribution in [0.15, 0.2) is 58.1 Å². The number of nitrogens with one attached hydrogen (secondary N) is 1. The minimum Gasteiger partial charge on any atom is -0.476 e. The number of benzene rings is 2. The Morgan fingerprint density at radius 2 is 0.852 bits per heavy atom. The highest BCUT2D eigenvalue weighted by atomic mass is 16.5. The maximum Gasteiger partial charge on any atom is 0.360 e. The average Bonchev–Trinajstić information content (AvgIpc) is 3.65. The van der Waals surface area contributed by atoms with Crippen molar-refractivity contribution in [2.75, 3.05) is 0 Å². The average molecular weight is 834 g/mol. The van der Waals surface area contributed by atoms with Crippen LogP contribution >= 0.6 is 0 Å². The third-order valence-corrected chi connectivity index (χ3v) is 15.4. The summed E-state index contributed by atoms with van der Waals surface area (Å²) >= 11 is 0. The predicted octanol–water partition coefficient (Wildman–Crippen LogP) is 8.17. The molecule has 2 aromatic carbocycles. The van der Waals surface area contributed by atoms with Crippen LogP contribution in [0.1, 0.15) is 174 Å². The summed E-state index contributed by atoms with van der Waals surface area (Å²) in [6.45, 7) is 0.